The Hall–Kier alpha value is -0.910. The molecule has 0 radical (unpaired) electrons. The van der Waals surface area contributed by atoms with Crippen molar-refractivity contribution < 1.29 is 8.42 Å². The molecule has 1 aromatic carbocycles. The van der Waals surface area contributed by atoms with E-state index in [2.05, 4.69) is 18.6 Å². The molecule has 20 heavy (non-hydrogen) atoms. The highest BCUT2D eigenvalue weighted by Crippen LogP contribution is 2.20. The van der Waals surface area contributed by atoms with E-state index < -0.39 is 10.0 Å². The minimum atomic E-state index is -3.47. The van der Waals surface area contributed by atoms with Gasteiger partial charge in [-0.15, -0.1) is 0 Å². The second kappa shape index (κ2) is 7.76. The molecular formula is C15H26N2O2S. The molecule has 0 saturated carbocycles. The van der Waals surface area contributed by atoms with Crippen molar-refractivity contribution in [1.29, 1.82) is 0 Å². The van der Waals surface area contributed by atoms with E-state index in [-0.39, 0.29) is 6.04 Å². The summed E-state index contributed by atoms with van der Waals surface area (Å²) in [4.78, 5) is 0.305. The standard InChI is InChI=1S/C15H26N2O2S/c1-4-6-14(11-16)17-20(18,19)15-9-7-13(8-10-15)12(3)5-2/h7-10,12,14,17H,4-6,11,16H2,1-3H3. The Morgan fingerprint density at radius 1 is 1.20 bits per heavy atom. The van der Waals surface area contributed by atoms with Gasteiger partial charge in [-0.25, -0.2) is 13.1 Å². The lowest BCUT2D eigenvalue weighted by molar-refractivity contribution is 0.527. The third kappa shape index (κ3) is 4.58. The molecule has 1 rings (SSSR count). The Kier molecular flexibility index (Phi) is 6.65. The zero-order valence-corrected chi connectivity index (χ0v) is 13.4. The van der Waals surface area contributed by atoms with Crippen molar-refractivity contribution in [1.82, 2.24) is 4.72 Å². The minimum Gasteiger partial charge on any atom is -0.329 e. The maximum atomic E-state index is 12.3. The summed E-state index contributed by atoms with van der Waals surface area (Å²) in [6.45, 7) is 6.58. The number of hydrogen-bond donors (Lipinski definition) is 2. The van der Waals surface area contributed by atoms with Gasteiger partial charge in [0.2, 0.25) is 10.0 Å². The molecule has 4 nitrogen and oxygen atoms in total. The first-order valence-corrected chi connectivity index (χ1v) is 8.75. The summed E-state index contributed by atoms with van der Waals surface area (Å²) in [5.74, 6) is 0.441. The summed E-state index contributed by atoms with van der Waals surface area (Å²) in [7, 11) is -3.47. The molecular weight excluding hydrogens is 272 g/mol. The van der Waals surface area contributed by atoms with E-state index in [0.717, 1.165) is 24.8 Å². The van der Waals surface area contributed by atoms with E-state index in [1.807, 2.05) is 19.1 Å². The highest BCUT2D eigenvalue weighted by atomic mass is 32.2. The Labute approximate surface area is 122 Å². The summed E-state index contributed by atoms with van der Waals surface area (Å²) in [5.41, 5.74) is 6.76. The number of rotatable bonds is 8. The lowest BCUT2D eigenvalue weighted by Crippen LogP contribution is -2.39. The summed E-state index contributed by atoms with van der Waals surface area (Å²) in [6, 6.07) is 6.92. The fraction of sp³-hybridized carbons (Fsp3) is 0.600. The first kappa shape index (κ1) is 17.1. The molecule has 114 valence electrons. The van der Waals surface area contributed by atoms with Gasteiger partial charge in [-0.2, -0.15) is 0 Å². The van der Waals surface area contributed by atoms with E-state index in [1.165, 1.54) is 0 Å². The van der Waals surface area contributed by atoms with Crippen LogP contribution in [0.15, 0.2) is 29.2 Å². The molecule has 2 unspecified atom stereocenters. The average Bonchev–Trinajstić information content (AvgIpc) is 2.45. The van der Waals surface area contributed by atoms with Crippen LogP contribution in [-0.4, -0.2) is 21.0 Å². The van der Waals surface area contributed by atoms with Crippen LogP contribution in [0.3, 0.4) is 0 Å². The fourth-order valence-corrected chi connectivity index (χ4v) is 3.36. The lowest BCUT2D eigenvalue weighted by atomic mass is 9.99. The van der Waals surface area contributed by atoms with E-state index in [1.54, 1.807) is 12.1 Å². The molecule has 0 saturated heterocycles. The second-order valence-corrected chi connectivity index (χ2v) is 6.93. The van der Waals surface area contributed by atoms with Crippen LogP contribution in [-0.2, 0) is 10.0 Å². The van der Waals surface area contributed by atoms with E-state index in [0.29, 0.717) is 17.4 Å². The molecule has 0 aliphatic rings. The van der Waals surface area contributed by atoms with Gasteiger partial charge in [-0.05, 0) is 36.5 Å². The average molecular weight is 298 g/mol. The van der Waals surface area contributed by atoms with Crippen molar-refractivity contribution in [3.05, 3.63) is 29.8 Å². The highest BCUT2D eigenvalue weighted by Gasteiger charge is 2.18. The highest BCUT2D eigenvalue weighted by molar-refractivity contribution is 7.89. The Bertz CT molecular complexity index is 497. The van der Waals surface area contributed by atoms with Crippen molar-refractivity contribution in [2.24, 2.45) is 5.73 Å². The van der Waals surface area contributed by atoms with Gasteiger partial charge in [0.15, 0.2) is 0 Å². The Morgan fingerprint density at radius 2 is 1.80 bits per heavy atom. The molecule has 2 atom stereocenters. The van der Waals surface area contributed by atoms with E-state index in [4.69, 9.17) is 5.73 Å². The first-order valence-electron chi connectivity index (χ1n) is 7.26. The summed E-state index contributed by atoms with van der Waals surface area (Å²) in [6.07, 6.45) is 2.69. The molecule has 5 heteroatoms. The lowest BCUT2D eigenvalue weighted by Gasteiger charge is -2.16. The number of nitrogens with two attached hydrogens (primary N) is 1. The third-order valence-electron chi connectivity index (χ3n) is 3.62. The van der Waals surface area contributed by atoms with Gasteiger partial charge in [0.25, 0.3) is 0 Å². The maximum Gasteiger partial charge on any atom is 0.240 e. The van der Waals surface area contributed by atoms with Gasteiger partial charge in [0.05, 0.1) is 4.90 Å². The van der Waals surface area contributed by atoms with E-state index >= 15 is 0 Å². The molecule has 0 bridgehead atoms. The largest absolute Gasteiger partial charge is 0.329 e. The molecule has 0 heterocycles. The molecule has 0 aromatic heterocycles. The van der Waals surface area contributed by atoms with E-state index in [9.17, 15) is 8.42 Å². The SMILES string of the molecule is CCCC(CN)NS(=O)(=O)c1ccc(C(C)CC)cc1. The van der Waals surface area contributed by atoms with Crippen molar-refractivity contribution in [2.75, 3.05) is 6.54 Å². The third-order valence-corrected chi connectivity index (χ3v) is 5.15. The zero-order valence-electron chi connectivity index (χ0n) is 12.6. The molecule has 1 aromatic rings. The van der Waals surface area contributed by atoms with Crippen molar-refractivity contribution in [2.45, 2.75) is 56.9 Å². The predicted octanol–water partition coefficient (Wildman–Crippen LogP) is 2.61. The quantitative estimate of drug-likeness (QED) is 0.775. The number of hydrogen-bond acceptors (Lipinski definition) is 3. The molecule has 0 aliphatic heterocycles. The number of benzene rings is 1. The van der Waals surface area contributed by atoms with Gasteiger partial charge in [-0.3, -0.25) is 0 Å². The van der Waals surface area contributed by atoms with Gasteiger partial charge < -0.3 is 5.73 Å². The number of sulfonamides is 1. The molecule has 3 N–H and O–H groups in total. The van der Waals surface area contributed by atoms with Crippen molar-refractivity contribution in [3.8, 4) is 0 Å². The molecule has 0 fully saturated rings. The Morgan fingerprint density at radius 3 is 2.25 bits per heavy atom. The second-order valence-electron chi connectivity index (χ2n) is 5.22. The zero-order chi connectivity index (χ0) is 15.2. The van der Waals surface area contributed by atoms with Crippen LogP contribution in [0, 0.1) is 0 Å². The maximum absolute atomic E-state index is 12.3. The van der Waals surface area contributed by atoms with Gasteiger partial charge >= 0.3 is 0 Å². The fourth-order valence-electron chi connectivity index (χ4n) is 2.07. The Balaban J connectivity index is 2.87. The van der Waals surface area contributed by atoms with Crippen LogP contribution in [0.5, 0.6) is 0 Å². The summed E-state index contributed by atoms with van der Waals surface area (Å²) in [5, 5.41) is 0. The van der Waals surface area contributed by atoms with Crippen LogP contribution in [0.2, 0.25) is 0 Å². The summed E-state index contributed by atoms with van der Waals surface area (Å²) < 4.78 is 27.2. The minimum absolute atomic E-state index is 0.195. The van der Waals surface area contributed by atoms with Crippen molar-refractivity contribution >= 4 is 10.0 Å². The van der Waals surface area contributed by atoms with Gasteiger partial charge in [0.1, 0.15) is 0 Å². The van der Waals surface area contributed by atoms with Crippen LogP contribution in [0.4, 0.5) is 0 Å². The smallest absolute Gasteiger partial charge is 0.240 e. The van der Waals surface area contributed by atoms with Gasteiger partial charge in [0, 0.05) is 12.6 Å². The normalized spacial score (nSPS) is 15.0. The first-order chi connectivity index (χ1) is 9.44. The molecule has 0 spiro atoms. The molecule has 0 aliphatic carbocycles. The monoisotopic (exact) mass is 298 g/mol. The van der Waals surface area contributed by atoms with Crippen molar-refractivity contribution in [3.63, 3.8) is 0 Å². The summed E-state index contributed by atoms with van der Waals surface area (Å²) >= 11 is 0. The number of nitrogens with one attached hydrogen (secondary N) is 1. The van der Waals surface area contributed by atoms with Crippen LogP contribution in [0.25, 0.3) is 0 Å². The van der Waals surface area contributed by atoms with Crippen LogP contribution >= 0.6 is 0 Å². The topological polar surface area (TPSA) is 72.2 Å². The van der Waals surface area contributed by atoms with Crippen LogP contribution in [0.1, 0.15) is 51.5 Å². The molecule has 0 amide bonds. The van der Waals surface area contributed by atoms with Crippen LogP contribution < -0.4 is 10.5 Å². The predicted molar refractivity (Wildman–Crippen MR) is 83.2 cm³/mol. The van der Waals surface area contributed by atoms with Gasteiger partial charge in [-0.1, -0.05) is 39.3 Å².